The van der Waals surface area contributed by atoms with Crippen molar-refractivity contribution in [3.63, 3.8) is 0 Å². The van der Waals surface area contributed by atoms with Gasteiger partial charge in [-0.15, -0.1) is 0 Å². The van der Waals surface area contributed by atoms with Crippen molar-refractivity contribution in [1.82, 2.24) is 18.5 Å². The van der Waals surface area contributed by atoms with Crippen molar-refractivity contribution in [2.75, 3.05) is 47.2 Å². The van der Waals surface area contributed by atoms with Gasteiger partial charge in [0, 0.05) is 60.2 Å². The molecule has 4 bridgehead atoms. The average molecular weight is 622 g/mol. The molecule has 0 radical (unpaired) electrons. The van der Waals surface area contributed by atoms with Crippen LogP contribution >= 0.6 is 0 Å². The Balaban J connectivity index is 1.73. The molecule has 1 aliphatic carbocycles. The highest BCUT2D eigenvalue weighted by Gasteiger charge is 2.31. The number of methoxy groups -OCH3 is 1. The van der Waals surface area contributed by atoms with E-state index in [1.807, 2.05) is 0 Å². The quantitative estimate of drug-likeness (QED) is 0.460. The number of rotatable bonds is 2. The molecule has 10 nitrogen and oxygen atoms in total. The zero-order valence-electron chi connectivity index (χ0n) is 38.1. The Morgan fingerprint density at radius 1 is 1.07 bits per heavy atom. The molecule has 11 heteroatoms. The fourth-order valence-electron chi connectivity index (χ4n) is 5.46. The van der Waals surface area contributed by atoms with Gasteiger partial charge in [-0.25, -0.2) is 4.72 Å². The highest BCUT2D eigenvalue weighted by molar-refractivity contribution is 7.87. The Kier molecular flexibility index (Phi) is 4.50. The summed E-state index contributed by atoms with van der Waals surface area (Å²) in [5.74, 6) is -3.65. The van der Waals surface area contributed by atoms with Crippen LogP contribution in [0.25, 0.3) is 28.2 Å². The van der Waals surface area contributed by atoms with Crippen LogP contribution in [0.1, 0.15) is 80.0 Å². The van der Waals surface area contributed by atoms with Gasteiger partial charge in [0.05, 0.1) is 47.4 Å². The summed E-state index contributed by atoms with van der Waals surface area (Å²) in [5, 5.41) is 0.293. The first-order chi connectivity index (χ1) is 26.3. The number of nitrogens with zero attached hydrogens (tertiary/aromatic N) is 3. The van der Waals surface area contributed by atoms with Gasteiger partial charge in [0.15, 0.2) is 0 Å². The number of likely N-dealkylation sites (N-methyl/N-ethyl adjacent to an activating group) is 2. The highest BCUT2D eigenvalue weighted by atomic mass is 32.2. The molecule has 0 atom stereocenters. The zero-order valence-corrected chi connectivity index (χ0v) is 24.0. The van der Waals surface area contributed by atoms with E-state index in [4.69, 9.17) is 27.3 Å². The number of nitrogens with one attached hydrogen (secondary N) is 1. The Hall–Kier alpha value is -3.67. The van der Waals surface area contributed by atoms with Crippen molar-refractivity contribution in [3.05, 3.63) is 58.7 Å². The van der Waals surface area contributed by atoms with Gasteiger partial charge < -0.3 is 18.9 Å². The summed E-state index contributed by atoms with van der Waals surface area (Å²) in [4.78, 5) is 28.4. The maximum Gasteiger partial charge on any atom is 0.303 e. The number of amides is 2. The van der Waals surface area contributed by atoms with Gasteiger partial charge in [-0.1, -0.05) is 25.3 Å². The van der Waals surface area contributed by atoms with Crippen molar-refractivity contribution in [1.29, 1.82) is 0 Å². The molecule has 1 aromatic heterocycles. The standard InChI is InChI=1S/C32H38N4O6S/c1-34-13-15-42-16-14-35(2)43(39,40)33-31(37)22-9-11-27-28(19-22)36-20-24(32(34)38)17-23-18-25(41-3)10-12-26(23)30(36)29(27)21-7-5-4-6-8-21/h9-12,17-19,21H,4-8,13-16,20H2,1-3H3,(H,33,37)/i3D3,4D2,13D2,14D2,15D2,16D2,20D2. The Morgan fingerprint density at radius 2 is 1.86 bits per heavy atom. The number of fused-ring (bicyclic) bond motifs is 4. The molecular formula is C32H38N4O6S. The summed E-state index contributed by atoms with van der Waals surface area (Å²) in [7, 11) is -7.08. The van der Waals surface area contributed by atoms with Gasteiger partial charge in [0.2, 0.25) is 0 Å². The average Bonchev–Trinajstić information content (AvgIpc) is 3.38. The SMILES string of the molecule is [2H]C1([2H])CCC(c2c3n4c5cc(ccc25)C(=O)NS(=O)(=O)N(C)C([2H])([2H])C([2H])([2H])OC([2H])([2H])C([2H])([2H])N(C)C(=O)C(=Cc2cc(OC([2H])([2H])[2H])ccc2-3)C4([2H])[2H])CC1. The fourth-order valence-corrected chi connectivity index (χ4v) is 6.10. The highest BCUT2D eigenvalue weighted by Crippen LogP contribution is 2.47. The molecule has 0 saturated heterocycles. The van der Waals surface area contributed by atoms with E-state index in [0.717, 1.165) is 16.7 Å². The van der Waals surface area contributed by atoms with E-state index in [1.165, 1.54) is 30.3 Å². The number of aromatic nitrogens is 1. The van der Waals surface area contributed by atoms with Crippen molar-refractivity contribution >= 4 is 39.0 Å². The third kappa shape index (κ3) is 5.57. The second kappa shape index (κ2) is 11.8. The van der Waals surface area contributed by atoms with Crippen LogP contribution in [0.5, 0.6) is 5.75 Å². The molecule has 1 N–H and O–H groups in total. The summed E-state index contributed by atoms with van der Waals surface area (Å²) in [6.45, 7) is -18.8. The first-order valence-corrected chi connectivity index (χ1v) is 14.7. The lowest BCUT2D eigenvalue weighted by Gasteiger charge is -2.24. The van der Waals surface area contributed by atoms with Crippen LogP contribution in [0, 0.1) is 0 Å². The maximum absolute atomic E-state index is 14.6. The van der Waals surface area contributed by atoms with E-state index in [-0.39, 0.29) is 63.0 Å². The predicted octanol–water partition coefficient (Wildman–Crippen LogP) is 4.16. The lowest BCUT2D eigenvalue weighted by Crippen LogP contribution is -2.42. The minimum absolute atomic E-state index is 0.0258. The van der Waals surface area contributed by atoms with Crippen molar-refractivity contribution in [3.8, 4) is 17.0 Å². The molecular weight excluding hydrogens is 568 g/mol. The largest absolute Gasteiger partial charge is 0.497 e. The minimum atomic E-state index is -5.36. The lowest BCUT2D eigenvalue weighted by molar-refractivity contribution is -0.126. The van der Waals surface area contributed by atoms with Gasteiger partial charge in [-0.2, -0.15) is 12.7 Å². The molecule has 1 saturated carbocycles. The Morgan fingerprint density at radius 3 is 2.65 bits per heavy atom. The smallest absolute Gasteiger partial charge is 0.303 e. The first-order valence-electron chi connectivity index (χ1n) is 20.8. The Labute approximate surface area is 273 Å². The van der Waals surface area contributed by atoms with E-state index >= 15 is 0 Å². The van der Waals surface area contributed by atoms with Crippen LogP contribution in [-0.2, 0) is 26.2 Å². The van der Waals surface area contributed by atoms with Crippen molar-refractivity contribution in [2.45, 2.75) is 44.5 Å². The molecule has 0 unspecified atom stereocenters. The molecule has 3 aromatic rings. The van der Waals surface area contributed by atoms with Crippen LogP contribution in [-0.4, -0.2) is 81.2 Å². The molecule has 1 fully saturated rings. The molecule has 2 aliphatic heterocycles. The summed E-state index contributed by atoms with van der Waals surface area (Å²) in [6, 6.07) is 7.60. The molecule has 3 heterocycles. The molecule has 3 aliphatic rings. The summed E-state index contributed by atoms with van der Waals surface area (Å²) < 4.78 is 166. The number of hydrogen-bond acceptors (Lipinski definition) is 6. The van der Waals surface area contributed by atoms with Crippen molar-refractivity contribution in [2.24, 2.45) is 0 Å². The number of carbonyl (C=O) groups is 2. The van der Waals surface area contributed by atoms with Crippen LogP contribution in [0.2, 0.25) is 0 Å². The van der Waals surface area contributed by atoms with E-state index in [9.17, 15) is 20.7 Å². The topological polar surface area (TPSA) is 110 Å². The second-order valence-electron chi connectivity index (χ2n) is 10.2. The molecule has 6 rings (SSSR count). The normalized spacial score (nSPS) is 32.9. The van der Waals surface area contributed by atoms with Gasteiger partial charge in [-0.3, -0.25) is 9.59 Å². The summed E-state index contributed by atoms with van der Waals surface area (Å²) >= 11 is 0. The molecule has 228 valence electrons. The minimum Gasteiger partial charge on any atom is -0.497 e. The predicted molar refractivity (Wildman–Crippen MR) is 165 cm³/mol. The van der Waals surface area contributed by atoms with E-state index in [2.05, 4.69) is 0 Å². The first kappa shape index (κ1) is 16.4. The van der Waals surface area contributed by atoms with Crippen molar-refractivity contribution < 1.29 is 48.0 Å². The van der Waals surface area contributed by atoms with Gasteiger partial charge in [0.1, 0.15) is 5.75 Å². The number of carbonyl (C=O) groups excluding carboxylic acids is 2. The summed E-state index contributed by atoms with van der Waals surface area (Å²) in [5.41, 5.74) is -0.712. The number of hydrogen-bond donors (Lipinski definition) is 1. The zero-order chi connectivity index (χ0) is 43.6. The van der Waals surface area contributed by atoms with E-state index in [0.29, 0.717) is 25.0 Å². The van der Waals surface area contributed by atoms with E-state index < -0.39 is 85.1 Å². The fraction of sp³-hybridized carbons (Fsp3) is 0.438. The Bertz CT molecular complexity index is 2350. The lowest BCUT2D eigenvalue weighted by atomic mass is 9.81. The maximum atomic E-state index is 14.6. The van der Waals surface area contributed by atoms with Gasteiger partial charge in [-0.05, 0) is 66.3 Å². The molecule has 0 spiro atoms. The third-order valence-corrected chi connectivity index (χ3v) is 8.84. The van der Waals surface area contributed by atoms with Gasteiger partial charge >= 0.3 is 10.2 Å². The molecule has 2 amide bonds. The third-order valence-electron chi connectivity index (χ3n) is 7.58. The van der Waals surface area contributed by atoms with Gasteiger partial charge in [0.25, 0.3) is 11.8 Å². The monoisotopic (exact) mass is 621 g/mol. The number of ether oxygens (including phenoxy) is 2. The summed E-state index contributed by atoms with van der Waals surface area (Å²) in [6.07, 6.45) is 0.210. The van der Waals surface area contributed by atoms with Crippen LogP contribution in [0.15, 0.2) is 42.0 Å². The van der Waals surface area contributed by atoms with Crippen LogP contribution < -0.4 is 9.46 Å². The number of benzene rings is 2. The van der Waals surface area contributed by atoms with E-state index in [1.54, 1.807) is 4.72 Å². The van der Waals surface area contributed by atoms with Crippen LogP contribution in [0.3, 0.4) is 0 Å². The molecule has 2 aromatic carbocycles. The molecule has 43 heavy (non-hydrogen) atoms. The van der Waals surface area contributed by atoms with Crippen LogP contribution in [0.4, 0.5) is 0 Å². The second-order valence-corrected chi connectivity index (χ2v) is 11.9.